The van der Waals surface area contributed by atoms with Gasteiger partial charge in [-0.25, -0.2) is 4.79 Å². The molecule has 0 spiro atoms. The molecule has 1 atom stereocenters. The smallest absolute Gasteiger partial charge is 0.334 e. The van der Waals surface area contributed by atoms with E-state index in [0.29, 0.717) is 11.5 Å². The van der Waals surface area contributed by atoms with Gasteiger partial charge in [0.15, 0.2) is 6.61 Å². The van der Waals surface area contributed by atoms with E-state index in [-0.39, 0.29) is 12.6 Å². The second-order valence-electron chi connectivity index (χ2n) is 5.72. The maximum absolute atomic E-state index is 11.4. The predicted octanol–water partition coefficient (Wildman–Crippen LogP) is 4.52. The minimum absolute atomic E-state index is 0.0284. The van der Waals surface area contributed by atoms with E-state index in [0.717, 1.165) is 12.3 Å². The van der Waals surface area contributed by atoms with Crippen molar-refractivity contribution in [3.05, 3.63) is 23.8 Å². The minimum atomic E-state index is -0.349. The Morgan fingerprint density at radius 2 is 2.00 bits per heavy atom. The lowest BCUT2D eigenvalue weighted by Gasteiger charge is -2.09. The monoisotopic (exact) mass is 276 g/mol. The first kappa shape index (κ1) is 18.5. The van der Waals surface area contributed by atoms with Crippen molar-refractivity contribution in [3.8, 4) is 12.3 Å². The molecule has 0 aromatic rings. The topological polar surface area (TPSA) is 26.3 Å². The summed E-state index contributed by atoms with van der Waals surface area (Å²) in [5.74, 6) is 3.40. The number of carbonyl (C=O) groups is 1. The number of hydrogen-bond donors (Lipinski definition) is 0. The summed E-state index contributed by atoms with van der Waals surface area (Å²) in [5.41, 5.74) is 0.573. The molecule has 0 radical (unpaired) electrons. The molecule has 0 bridgehead atoms. The van der Waals surface area contributed by atoms with Crippen LogP contribution < -0.4 is 0 Å². The lowest BCUT2D eigenvalue weighted by molar-refractivity contribution is -0.137. The van der Waals surface area contributed by atoms with Gasteiger partial charge in [-0.3, -0.25) is 0 Å². The van der Waals surface area contributed by atoms with Crippen LogP contribution in [0, 0.1) is 24.2 Å². The molecule has 0 aliphatic rings. The number of esters is 1. The SMILES string of the molecule is C#CCOC(=O)C(C)=CC=CCC(C)CCCC(C)C. The van der Waals surface area contributed by atoms with Crippen LogP contribution in [0.25, 0.3) is 0 Å². The van der Waals surface area contributed by atoms with Crippen molar-refractivity contribution >= 4 is 5.97 Å². The summed E-state index contributed by atoms with van der Waals surface area (Å²) in [5, 5.41) is 0. The Bertz CT molecular complexity index is 369. The fraction of sp³-hybridized carbons (Fsp3) is 0.611. The van der Waals surface area contributed by atoms with Crippen molar-refractivity contribution in [2.24, 2.45) is 11.8 Å². The zero-order chi connectivity index (χ0) is 15.4. The molecule has 0 rings (SSSR count). The second kappa shape index (κ2) is 11.3. The van der Waals surface area contributed by atoms with E-state index in [1.807, 2.05) is 6.08 Å². The highest BCUT2D eigenvalue weighted by molar-refractivity contribution is 5.88. The average Bonchev–Trinajstić information content (AvgIpc) is 2.40. The van der Waals surface area contributed by atoms with E-state index in [4.69, 9.17) is 11.2 Å². The zero-order valence-electron chi connectivity index (χ0n) is 13.3. The Morgan fingerprint density at radius 1 is 1.30 bits per heavy atom. The number of carbonyl (C=O) groups excluding carboxylic acids is 1. The Hall–Kier alpha value is -1.49. The van der Waals surface area contributed by atoms with Gasteiger partial charge in [-0.2, -0.15) is 0 Å². The van der Waals surface area contributed by atoms with Gasteiger partial charge < -0.3 is 4.74 Å². The zero-order valence-corrected chi connectivity index (χ0v) is 13.3. The largest absolute Gasteiger partial charge is 0.449 e. The Morgan fingerprint density at radius 3 is 2.60 bits per heavy atom. The third kappa shape index (κ3) is 10.4. The predicted molar refractivity (Wildman–Crippen MR) is 85.2 cm³/mol. The second-order valence-corrected chi connectivity index (χ2v) is 5.72. The van der Waals surface area contributed by atoms with Gasteiger partial charge in [-0.05, 0) is 25.2 Å². The average molecular weight is 276 g/mol. The summed E-state index contributed by atoms with van der Waals surface area (Å²) >= 11 is 0. The van der Waals surface area contributed by atoms with Crippen LogP contribution in [0.4, 0.5) is 0 Å². The van der Waals surface area contributed by atoms with Crippen LogP contribution >= 0.6 is 0 Å². The van der Waals surface area contributed by atoms with E-state index in [9.17, 15) is 4.79 Å². The third-order valence-corrected chi connectivity index (χ3v) is 3.11. The number of ether oxygens (including phenoxy) is 1. The molecule has 0 heterocycles. The highest BCUT2D eigenvalue weighted by atomic mass is 16.5. The lowest BCUT2D eigenvalue weighted by Crippen LogP contribution is -2.05. The maximum atomic E-state index is 11.4. The van der Waals surface area contributed by atoms with E-state index in [1.165, 1.54) is 19.3 Å². The number of allylic oxidation sites excluding steroid dienone is 3. The highest BCUT2D eigenvalue weighted by Gasteiger charge is 2.03. The molecule has 0 amide bonds. The van der Waals surface area contributed by atoms with Gasteiger partial charge >= 0.3 is 5.97 Å². The molecule has 2 nitrogen and oxygen atoms in total. The molecular weight excluding hydrogens is 248 g/mol. The van der Waals surface area contributed by atoms with Gasteiger partial charge in [0.1, 0.15) is 0 Å². The molecule has 1 unspecified atom stereocenters. The van der Waals surface area contributed by atoms with Crippen LogP contribution in [-0.4, -0.2) is 12.6 Å². The van der Waals surface area contributed by atoms with E-state index < -0.39 is 0 Å². The lowest BCUT2D eigenvalue weighted by atomic mass is 9.97. The fourth-order valence-corrected chi connectivity index (χ4v) is 1.80. The molecule has 0 fully saturated rings. The number of rotatable bonds is 9. The first-order chi connectivity index (χ1) is 9.47. The summed E-state index contributed by atoms with van der Waals surface area (Å²) < 4.78 is 4.83. The first-order valence-corrected chi connectivity index (χ1v) is 7.41. The van der Waals surface area contributed by atoms with Crippen LogP contribution in [-0.2, 0) is 9.53 Å². The van der Waals surface area contributed by atoms with Crippen molar-refractivity contribution in [2.45, 2.75) is 53.4 Å². The van der Waals surface area contributed by atoms with Crippen molar-refractivity contribution in [1.82, 2.24) is 0 Å². The van der Waals surface area contributed by atoms with Gasteiger partial charge in [-0.15, -0.1) is 6.42 Å². The van der Waals surface area contributed by atoms with Gasteiger partial charge in [-0.1, -0.05) is 64.2 Å². The molecule has 0 saturated heterocycles. The molecule has 0 aromatic heterocycles. The van der Waals surface area contributed by atoms with Gasteiger partial charge in [0.25, 0.3) is 0 Å². The molecule has 0 saturated carbocycles. The fourth-order valence-electron chi connectivity index (χ4n) is 1.80. The summed E-state index contributed by atoms with van der Waals surface area (Å²) in [7, 11) is 0. The van der Waals surface area contributed by atoms with E-state index in [1.54, 1.807) is 13.0 Å². The highest BCUT2D eigenvalue weighted by Crippen LogP contribution is 2.15. The molecular formula is C18H28O2. The molecule has 112 valence electrons. The molecule has 0 N–H and O–H groups in total. The molecule has 0 aliphatic heterocycles. The van der Waals surface area contributed by atoms with Crippen molar-refractivity contribution in [1.29, 1.82) is 0 Å². The third-order valence-electron chi connectivity index (χ3n) is 3.11. The first-order valence-electron chi connectivity index (χ1n) is 7.41. The van der Waals surface area contributed by atoms with Crippen molar-refractivity contribution in [2.75, 3.05) is 6.61 Å². The van der Waals surface area contributed by atoms with Gasteiger partial charge in [0, 0.05) is 5.57 Å². The standard InChI is InChI=1S/C18H28O2/c1-6-14-20-18(19)17(5)13-8-7-11-16(4)12-9-10-15(2)3/h1,7-8,13,15-16H,9-12,14H2,2-5H3. The molecule has 2 heteroatoms. The van der Waals surface area contributed by atoms with Crippen molar-refractivity contribution in [3.63, 3.8) is 0 Å². The normalized spacial score (nSPS) is 13.5. The van der Waals surface area contributed by atoms with Gasteiger partial charge in [0.05, 0.1) is 0 Å². The Labute approximate surface area is 124 Å². The number of terminal acetylenes is 1. The molecule has 0 aromatic carbocycles. The quantitative estimate of drug-likeness (QED) is 0.268. The summed E-state index contributed by atoms with van der Waals surface area (Å²) in [6, 6.07) is 0. The van der Waals surface area contributed by atoms with E-state index >= 15 is 0 Å². The summed E-state index contributed by atoms with van der Waals surface area (Å²) in [6.45, 7) is 8.55. The van der Waals surface area contributed by atoms with Gasteiger partial charge in [0.2, 0.25) is 0 Å². The molecule has 0 aliphatic carbocycles. The number of hydrogen-bond acceptors (Lipinski definition) is 2. The van der Waals surface area contributed by atoms with Crippen molar-refractivity contribution < 1.29 is 9.53 Å². The minimum Gasteiger partial charge on any atom is -0.449 e. The Balaban J connectivity index is 3.94. The summed E-state index contributed by atoms with van der Waals surface area (Å²) in [4.78, 5) is 11.4. The van der Waals surface area contributed by atoms with Crippen LogP contribution in [0.5, 0.6) is 0 Å². The van der Waals surface area contributed by atoms with E-state index in [2.05, 4.69) is 32.8 Å². The maximum Gasteiger partial charge on any atom is 0.334 e. The summed E-state index contributed by atoms with van der Waals surface area (Å²) in [6.07, 6.45) is 15.7. The van der Waals surface area contributed by atoms with Crippen LogP contribution in [0.2, 0.25) is 0 Å². The van der Waals surface area contributed by atoms with Crippen LogP contribution in [0.3, 0.4) is 0 Å². The van der Waals surface area contributed by atoms with Crippen LogP contribution in [0.15, 0.2) is 23.8 Å². The van der Waals surface area contributed by atoms with Crippen LogP contribution in [0.1, 0.15) is 53.4 Å². The molecule has 20 heavy (non-hydrogen) atoms. The Kier molecular flexibility index (Phi) is 10.5.